The summed E-state index contributed by atoms with van der Waals surface area (Å²) in [5, 5.41) is 11.1. The SMILES string of the molecule is COC(C)C(=O)NCCSCCC(=O)O. The average Bonchev–Trinajstić information content (AvgIpc) is 2.21. The Morgan fingerprint density at radius 3 is 2.67 bits per heavy atom. The van der Waals surface area contributed by atoms with Crippen LogP contribution in [0.5, 0.6) is 0 Å². The molecule has 0 heterocycles. The minimum atomic E-state index is -0.792. The molecule has 0 saturated carbocycles. The Morgan fingerprint density at radius 2 is 2.13 bits per heavy atom. The van der Waals surface area contributed by atoms with E-state index >= 15 is 0 Å². The van der Waals surface area contributed by atoms with Crippen molar-refractivity contribution >= 4 is 23.6 Å². The standard InChI is InChI=1S/C9H17NO4S/c1-7(14-2)9(13)10-4-6-15-5-3-8(11)12/h7H,3-6H2,1-2H3,(H,10,13)(H,11,12). The quantitative estimate of drug-likeness (QED) is 0.594. The van der Waals surface area contributed by atoms with Gasteiger partial charge in [-0.3, -0.25) is 9.59 Å². The number of amides is 1. The van der Waals surface area contributed by atoms with E-state index < -0.39 is 12.1 Å². The summed E-state index contributed by atoms with van der Waals surface area (Å²) in [5.74, 6) is 0.358. The van der Waals surface area contributed by atoms with Crippen LogP contribution in [0, 0.1) is 0 Å². The molecule has 5 nitrogen and oxygen atoms in total. The molecule has 0 aromatic heterocycles. The van der Waals surface area contributed by atoms with E-state index in [1.54, 1.807) is 6.92 Å². The Balaban J connectivity index is 3.31. The molecule has 0 aliphatic heterocycles. The van der Waals surface area contributed by atoms with Gasteiger partial charge in [0.1, 0.15) is 6.10 Å². The molecule has 88 valence electrons. The number of nitrogens with one attached hydrogen (secondary N) is 1. The summed E-state index contributed by atoms with van der Waals surface area (Å²) >= 11 is 1.51. The average molecular weight is 235 g/mol. The Labute approximate surface area is 93.6 Å². The number of thioether (sulfide) groups is 1. The second-order valence-electron chi connectivity index (χ2n) is 2.93. The van der Waals surface area contributed by atoms with Crippen molar-refractivity contribution < 1.29 is 19.4 Å². The first-order valence-electron chi connectivity index (χ1n) is 4.68. The Hall–Kier alpha value is -0.750. The zero-order valence-electron chi connectivity index (χ0n) is 8.99. The maximum absolute atomic E-state index is 11.2. The summed E-state index contributed by atoms with van der Waals surface area (Å²) in [4.78, 5) is 21.3. The highest BCUT2D eigenvalue weighted by Crippen LogP contribution is 2.00. The number of rotatable bonds is 8. The topological polar surface area (TPSA) is 75.6 Å². The first-order chi connectivity index (χ1) is 7.07. The second-order valence-corrected chi connectivity index (χ2v) is 4.15. The largest absolute Gasteiger partial charge is 0.481 e. The molecular weight excluding hydrogens is 218 g/mol. The van der Waals surface area contributed by atoms with Gasteiger partial charge in [-0.25, -0.2) is 0 Å². The lowest BCUT2D eigenvalue weighted by atomic mass is 10.4. The van der Waals surface area contributed by atoms with Gasteiger partial charge in [0.05, 0.1) is 6.42 Å². The molecule has 0 aromatic rings. The third-order valence-corrected chi connectivity index (χ3v) is 2.71. The summed E-state index contributed by atoms with van der Waals surface area (Å²) in [6.07, 6.45) is -0.276. The summed E-state index contributed by atoms with van der Waals surface area (Å²) in [7, 11) is 1.48. The van der Waals surface area contributed by atoms with Crippen LogP contribution in [0.4, 0.5) is 0 Å². The van der Waals surface area contributed by atoms with Crippen LogP contribution >= 0.6 is 11.8 Å². The zero-order chi connectivity index (χ0) is 11.7. The summed E-state index contributed by atoms with van der Waals surface area (Å²) in [5.41, 5.74) is 0. The first-order valence-corrected chi connectivity index (χ1v) is 5.83. The van der Waals surface area contributed by atoms with Gasteiger partial charge in [0, 0.05) is 25.2 Å². The minimum absolute atomic E-state index is 0.142. The molecule has 0 radical (unpaired) electrons. The highest BCUT2D eigenvalue weighted by Gasteiger charge is 2.09. The van der Waals surface area contributed by atoms with Gasteiger partial charge >= 0.3 is 5.97 Å². The first kappa shape index (κ1) is 14.2. The van der Waals surface area contributed by atoms with Crippen molar-refractivity contribution in [1.29, 1.82) is 0 Å². The minimum Gasteiger partial charge on any atom is -0.481 e. The molecule has 2 N–H and O–H groups in total. The van der Waals surface area contributed by atoms with E-state index in [1.165, 1.54) is 18.9 Å². The number of hydrogen-bond donors (Lipinski definition) is 2. The van der Waals surface area contributed by atoms with Crippen LogP contribution in [-0.4, -0.2) is 48.2 Å². The smallest absolute Gasteiger partial charge is 0.304 e. The number of methoxy groups -OCH3 is 1. The highest BCUT2D eigenvalue weighted by molar-refractivity contribution is 7.99. The molecule has 15 heavy (non-hydrogen) atoms. The maximum atomic E-state index is 11.2. The number of hydrogen-bond acceptors (Lipinski definition) is 4. The number of carboxylic acid groups (broad SMARTS) is 1. The van der Waals surface area contributed by atoms with Crippen LogP contribution in [0.3, 0.4) is 0 Å². The second kappa shape index (κ2) is 8.55. The van der Waals surface area contributed by atoms with Gasteiger partial charge in [-0.15, -0.1) is 0 Å². The number of carbonyl (C=O) groups excluding carboxylic acids is 1. The molecule has 1 amide bonds. The van der Waals surface area contributed by atoms with Crippen LogP contribution in [-0.2, 0) is 14.3 Å². The van der Waals surface area contributed by atoms with Crippen LogP contribution in [0.2, 0.25) is 0 Å². The monoisotopic (exact) mass is 235 g/mol. The third-order valence-electron chi connectivity index (χ3n) is 1.73. The number of ether oxygens (including phenoxy) is 1. The lowest BCUT2D eigenvalue weighted by molar-refractivity contribution is -0.136. The third kappa shape index (κ3) is 8.26. The number of aliphatic carboxylic acids is 1. The molecule has 0 aromatic carbocycles. The van der Waals surface area contributed by atoms with Crippen LogP contribution in [0.1, 0.15) is 13.3 Å². The molecule has 1 atom stereocenters. The lowest BCUT2D eigenvalue weighted by Crippen LogP contribution is -2.35. The normalized spacial score (nSPS) is 12.1. The molecule has 1 unspecified atom stereocenters. The van der Waals surface area contributed by atoms with E-state index in [0.29, 0.717) is 12.3 Å². The van der Waals surface area contributed by atoms with Gasteiger partial charge < -0.3 is 15.2 Å². The summed E-state index contributed by atoms with van der Waals surface area (Å²) in [6, 6.07) is 0. The Kier molecular flexibility index (Phi) is 8.12. The van der Waals surface area contributed by atoms with E-state index in [-0.39, 0.29) is 12.3 Å². The molecular formula is C9H17NO4S. The molecule has 0 aliphatic rings. The molecule has 6 heteroatoms. The van der Waals surface area contributed by atoms with Crippen molar-refractivity contribution in [3.8, 4) is 0 Å². The Morgan fingerprint density at radius 1 is 1.47 bits per heavy atom. The van der Waals surface area contributed by atoms with Gasteiger partial charge in [-0.05, 0) is 6.92 Å². The molecule has 0 fully saturated rings. The predicted octanol–water partition coefficient (Wildman–Crippen LogP) is 0.345. The van der Waals surface area contributed by atoms with E-state index in [1.807, 2.05) is 0 Å². The van der Waals surface area contributed by atoms with Gasteiger partial charge in [-0.2, -0.15) is 11.8 Å². The van der Waals surface area contributed by atoms with Crippen molar-refractivity contribution in [1.82, 2.24) is 5.32 Å². The van der Waals surface area contributed by atoms with Crippen LogP contribution < -0.4 is 5.32 Å². The van der Waals surface area contributed by atoms with Gasteiger partial charge in [0.2, 0.25) is 5.91 Å². The molecule has 0 spiro atoms. The summed E-state index contributed by atoms with van der Waals surface area (Å²) in [6.45, 7) is 2.21. The molecule has 0 bridgehead atoms. The van der Waals surface area contributed by atoms with E-state index in [2.05, 4.69) is 5.32 Å². The van der Waals surface area contributed by atoms with Gasteiger partial charge in [0.15, 0.2) is 0 Å². The summed E-state index contributed by atoms with van der Waals surface area (Å²) < 4.78 is 4.83. The highest BCUT2D eigenvalue weighted by atomic mass is 32.2. The van der Waals surface area contributed by atoms with Crippen molar-refractivity contribution in [3.05, 3.63) is 0 Å². The fraction of sp³-hybridized carbons (Fsp3) is 0.778. The number of carboxylic acids is 1. The van der Waals surface area contributed by atoms with Gasteiger partial charge in [0.25, 0.3) is 0 Å². The van der Waals surface area contributed by atoms with E-state index in [4.69, 9.17) is 9.84 Å². The van der Waals surface area contributed by atoms with Crippen LogP contribution in [0.15, 0.2) is 0 Å². The van der Waals surface area contributed by atoms with Gasteiger partial charge in [-0.1, -0.05) is 0 Å². The Bertz CT molecular complexity index is 210. The fourth-order valence-corrected chi connectivity index (χ4v) is 1.53. The van der Waals surface area contributed by atoms with E-state index in [9.17, 15) is 9.59 Å². The van der Waals surface area contributed by atoms with Crippen LogP contribution in [0.25, 0.3) is 0 Å². The fourth-order valence-electron chi connectivity index (χ4n) is 0.759. The predicted molar refractivity (Wildman–Crippen MR) is 59.1 cm³/mol. The molecule has 0 aliphatic carbocycles. The van der Waals surface area contributed by atoms with E-state index in [0.717, 1.165) is 5.75 Å². The zero-order valence-corrected chi connectivity index (χ0v) is 9.80. The molecule has 0 saturated heterocycles. The van der Waals surface area contributed by atoms with Crippen molar-refractivity contribution in [2.45, 2.75) is 19.4 Å². The number of carbonyl (C=O) groups is 2. The van der Waals surface area contributed by atoms with Crippen molar-refractivity contribution in [3.63, 3.8) is 0 Å². The lowest BCUT2D eigenvalue weighted by Gasteiger charge is -2.09. The molecule has 0 rings (SSSR count). The maximum Gasteiger partial charge on any atom is 0.304 e. The van der Waals surface area contributed by atoms with Crippen molar-refractivity contribution in [2.24, 2.45) is 0 Å². The van der Waals surface area contributed by atoms with Crippen molar-refractivity contribution in [2.75, 3.05) is 25.2 Å².